The Morgan fingerprint density at radius 1 is 1.09 bits per heavy atom. The van der Waals surface area contributed by atoms with Gasteiger partial charge in [-0.15, -0.1) is 0 Å². The van der Waals surface area contributed by atoms with E-state index in [0.717, 1.165) is 37.1 Å². The maximum Gasteiger partial charge on any atom is 0.416 e. The average molecular weight is 325 g/mol. The quantitative estimate of drug-likeness (QED) is 0.765. The molecule has 1 aliphatic heterocycles. The van der Waals surface area contributed by atoms with Gasteiger partial charge in [-0.25, -0.2) is 0 Å². The number of carbonyl (C=O) groups is 1. The first kappa shape index (κ1) is 16.5. The van der Waals surface area contributed by atoms with Gasteiger partial charge in [0.25, 0.3) is 0 Å². The summed E-state index contributed by atoms with van der Waals surface area (Å²) in [7, 11) is 0. The first-order valence-electron chi connectivity index (χ1n) is 8.34. The standard InChI is InChI=1S/C18H22F3NO/c19-18(20,21)16-5-3-15(4-6-16)17(23)8-10-22-9-7-13-1-2-14(11-13)12-22/h3-6,13-14H,1-2,7-12H2/t13-,14+/m1/s1. The molecule has 23 heavy (non-hydrogen) atoms. The summed E-state index contributed by atoms with van der Waals surface area (Å²) in [6.45, 7) is 2.82. The third-order valence-corrected chi connectivity index (χ3v) is 5.21. The number of halogens is 3. The summed E-state index contributed by atoms with van der Waals surface area (Å²) in [4.78, 5) is 14.5. The third kappa shape index (κ3) is 4.14. The van der Waals surface area contributed by atoms with Gasteiger partial charge in [0.2, 0.25) is 0 Å². The molecule has 1 heterocycles. The zero-order valence-electron chi connectivity index (χ0n) is 13.1. The van der Waals surface area contributed by atoms with Crippen molar-refractivity contribution >= 4 is 5.78 Å². The van der Waals surface area contributed by atoms with Crippen molar-refractivity contribution in [1.29, 1.82) is 0 Å². The molecule has 0 N–H and O–H groups in total. The number of hydrogen-bond donors (Lipinski definition) is 0. The molecule has 2 nitrogen and oxygen atoms in total. The van der Waals surface area contributed by atoms with Crippen LogP contribution in [0.15, 0.2) is 24.3 Å². The molecule has 0 radical (unpaired) electrons. The van der Waals surface area contributed by atoms with Gasteiger partial charge in [0.05, 0.1) is 5.56 Å². The predicted molar refractivity (Wildman–Crippen MR) is 82.3 cm³/mol. The molecule has 1 saturated heterocycles. The van der Waals surface area contributed by atoms with Crippen LogP contribution in [0.3, 0.4) is 0 Å². The van der Waals surface area contributed by atoms with Crippen LogP contribution >= 0.6 is 0 Å². The van der Waals surface area contributed by atoms with Crippen LogP contribution in [0.1, 0.15) is 48.0 Å². The Labute approximate surface area is 134 Å². The van der Waals surface area contributed by atoms with E-state index in [1.54, 1.807) is 0 Å². The Bertz CT molecular complexity index is 552. The molecule has 1 saturated carbocycles. The van der Waals surface area contributed by atoms with Gasteiger partial charge in [-0.05, 0) is 49.8 Å². The topological polar surface area (TPSA) is 20.3 Å². The molecule has 2 bridgehead atoms. The van der Waals surface area contributed by atoms with Gasteiger partial charge in [0.1, 0.15) is 0 Å². The summed E-state index contributed by atoms with van der Waals surface area (Å²) in [6.07, 6.45) is 1.21. The van der Waals surface area contributed by atoms with Crippen LogP contribution in [0, 0.1) is 11.8 Å². The molecule has 0 unspecified atom stereocenters. The van der Waals surface area contributed by atoms with Crippen molar-refractivity contribution in [3.63, 3.8) is 0 Å². The number of rotatable bonds is 4. The molecular weight excluding hydrogens is 303 g/mol. The van der Waals surface area contributed by atoms with Crippen LogP contribution in [-0.2, 0) is 6.18 Å². The number of benzene rings is 1. The second kappa shape index (κ2) is 6.63. The number of alkyl halides is 3. The Morgan fingerprint density at radius 2 is 1.78 bits per heavy atom. The lowest BCUT2D eigenvalue weighted by molar-refractivity contribution is -0.137. The lowest BCUT2D eigenvalue weighted by atomic mass is 10.0. The number of ketones is 1. The van der Waals surface area contributed by atoms with Crippen LogP contribution in [0.25, 0.3) is 0 Å². The minimum absolute atomic E-state index is 0.0758. The summed E-state index contributed by atoms with van der Waals surface area (Å²) in [5.74, 6) is 1.55. The molecule has 0 aromatic heterocycles. The SMILES string of the molecule is O=C(CCN1CC[C@H]2CC[C@@H](C2)C1)c1ccc(C(F)(F)F)cc1. The Kier molecular flexibility index (Phi) is 4.76. The summed E-state index contributed by atoms with van der Waals surface area (Å²) in [5.41, 5.74) is -0.341. The number of hydrogen-bond acceptors (Lipinski definition) is 2. The maximum atomic E-state index is 12.5. The van der Waals surface area contributed by atoms with E-state index in [1.807, 2.05) is 0 Å². The molecule has 1 aromatic carbocycles. The fourth-order valence-electron chi connectivity index (χ4n) is 3.88. The second-order valence-corrected chi connectivity index (χ2v) is 6.88. The van der Waals surface area contributed by atoms with Crippen molar-refractivity contribution in [1.82, 2.24) is 4.90 Å². The van der Waals surface area contributed by atoms with Crippen molar-refractivity contribution in [3.8, 4) is 0 Å². The van der Waals surface area contributed by atoms with Crippen molar-refractivity contribution in [2.24, 2.45) is 11.8 Å². The third-order valence-electron chi connectivity index (χ3n) is 5.21. The smallest absolute Gasteiger partial charge is 0.303 e. The normalized spacial score (nSPS) is 25.3. The van der Waals surface area contributed by atoms with Gasteiger partial charge in [-0.1, -0.05) is 18.6 Å². The van der Waals surface area contributed by atoms with Crippen LogP contribution in [0.2, 0.25) is 0 Å². The molecule has 1 aromatic rings. The van der Waals surface area contributed by atoms with Crippen molar-refractivity contribution in [2.75, 3.05) is 19.6 Å². The molecule has 0 spiro atoms. The Hall–Kier alpha value is -1.36. The van der Waals surface area contributed by atoms with Gasteiger partial charge in [-0.2, -0.15) is 13.2 Å². The molecular formula is C18H22F3NO. The van der Waals surface area contributed by atoms with Crippen molar-refractivity contribution in [3.05, 3.63) is 35.4 Å². The van der Waals surface area contributed by atoms with E-state index in [1.165, 1.54) is 37.8 Å². The minimum Gasteiger partial charge on any atom is -0.303 e. The van der Waals surface area contributed by atoms with Crippen LogP contribution < -0.4 is 0 Å². The van der Waals surface area contributed by atoms with Crippen LogP contribution in [-0.4, -0.2) is 30.3 Å². The van der Waals surface area contributed by atoms with Gasteiger partial charge < -0.3 is 4.90 Å². The van der Waals surface area contributed by atoms with E-state index >= 15 is 0 Å². The van der Waals surface area contributed by atoms with E-state index < -0.39 is 11.7 Å². The average Bonchev–Trinajstić information content (AvgIpc) is 2.85. The fourth-order valence-corrected chi connectivity index (χ4v) is 3.88. The number of likely N-dealkylation sites (tertiary alicyclic amines) is 1. The van der Waals surface area contributed by atoms with Gasteiger partial charge in [-0.3, -0.25) is 4.79 Å². The molecule has 5 heteroatoms. The number of nitrogens with zero attached hydrogens (tertiary/aromatic N) is 1. The monoisotopic (exact) mass is 325 g/mol. The summed E-state index contributed by atoms with van der Waals surface area (Å²) >= 11 is 0. The largest absolute Gasteiger partial charge is 0.416 e. The van der Waals surface area contributed by atoms with Crippen LogP contribution in [0.4, 0.5) is 13.2 Å². The van der Waals surface area contributed by atoms with Gasteiger partial charge >= 0.3 is 6.18 Å². The zero-order chi connectivity index (χ0) is 16.4. The van der Waals surface area contributed by atoms with Crippen LogP contribution in [0.5, 0.6) is 0 Å². The Morgan fingerprint density at radius 3 is 2.48 bits per heavy atom. The number of Topliss-reactive ketones (excluding diaryl/α,β-unsaturated/α-hetero) is 1. The zero-order valence-corrected chi connectivity index (χ0v) is 13.1. The van der Waals surface area contributed by atoms with Gasteiger partial charge in [0.15, 0.2) is 5.78 Å². The number of fused-ring (bicyclic) bond motifs is 2. The lowest BCUT2D eigenvalue weighted by Crippen LogP contribution is -2.31. The molecule has 0 amide bonds. The summed E-state index contributed by atoms with van der Waals surface area (Å²) in [5, 5.41) is 0. The summed E-state index contributed by atoms with van der Waals surface area (Å²) < 4.78 is 37.6. The Balaban J connectivity index is 1.53. The highest BCUT2D eigenvalue weighted by atomic mass is 19.4. The van der Waals surface area contributed by atoms with E-state index in [0.29, 0.717) is 18.5 Å². The molecule has 2 fully saturated rings. The van der Waals surface area contributed by atoms with Crippen molar-refractivity contribution in [2.45, 2.75) is 38.3 Å². The minimum atomic E-state index is -4.35. The highest BCUT2D eigenvalue weighted by Gasteiger charge is 2.31. The molecule has 126 valence electrons. The molecule has 3 rings (SSSR count). The summed E-state index contributed by atoms with van der Waals surface area (Å²) in [6, 6.07) is 4.54. The highest BCUT2D eigenvalue weighted by Crippen LogP contribution is 2.36. The predicted octanol–water partition coefficient (Wildman–Crippen LogP) is 4.40. The van der Waals surface area contributed by atoms with E-state index in [-0.39, 0.29) is 5.78 Å². The van der Waals surface area contributed by atoms with Gasteiger partial charge in [0, 0.05) is 25.1 Å². The molecule has 2 atom stereocenters. The lowest BCUT2D eigenvalue weighted by Gasteiger charge is -2.24. The maximum absolute atomic E-state index is 12.5. The van der Waals surface area contributed by atoms with Crippen molar-refractivity contribution < 1.29 is 18.0 Å². The highest BCUT2D eigenvalue weighted by molar-refractivity contribution is 5.96. The van der Waals surface area contributed by atoms with E-state index in [9.17, 15) is 18.0 Å². The number of carbonyl (C=O) groups excluding carboxylic acids is 1. The second-order valence-electron chi connectivity index (χ2n) is 6.88. The first-order chi connectivity index (χ1) is 10.9. The van der Waals surface area contributed by atoms with E-state index in [2.05, 4.69) is 4.90 Å². The fraction of sp³-hybridized carbons (Fsp3) is 0.611. The van der Waals surface area contributed by atoms with E-state index in [4.69, 9.17) is 0 Å². The molecule has 1 aliphatic carbocycles. The molecule has 2 aliphatic rings. The first-order valence-corrected chi connectivity index (χ1v) is 8.34.